The van der Waals surface area contributed by atoms with E-state index in [0.29, 0.717) is 5.75 Å². The topological polar surface area (TPSA) is 41.6 Å². The summed E-state index contributed by atoms with van der Waals surface area (Å²) in [4.78, 5) is 15.8. The molecule has 1 aliphatic heterocycles. The Kier molecular flexibility index (Phi) is 7.35. The van der Waals surface area contributed by atoms with Gasteiger partial charge in [-0.25, -0.2) is 0 Å². The van der Waals surface area contributed by atoms with Crippen LogP contribution in [-0.4, -0.2) is 42.9 Å². The summed E-state index contributed by atoms with van der Waals surface area (Å²) in [6.45, 7) is 8.63. The number of aryl methyl sites for hydroxylation is 2. The van der Waals surface area contributed by atoms with Crippen molar-refractivity contribution in [2.45, 2.75) is 25.3 Å². The van der Waals surface area contributed by atoms with Crippen LogP contribution in [0.15, 0.2) is 45.8 Å². The SMILES string of the molecule is Cc1cc(SCC(=O)Nc2ccc(CN3CCOCC3)cc2)c(C)cc1Br. The number of anilines is 1. The van der Waals surface area contributed by atoms with Gasteiger partial charge in [0.15, 0.2) is 0 Å². The number of hydrogen-bond acceptors (Lipinski definition) is 4. The normalized spacial score (nSPS) is 14.9. The van der Waals surface area contributed by atoms with Gasteiger partial charge < -0.3 is 10.1 Å². The number of carbonyl (C=O) groups excluding carboxylic acids is 1. The molecule has 0 atom stereocenters. The van der Waals surface area contributed by atoms with Crippen LogP contribution in [0.5, 0.6) is 0 Å². The highest BCUT2D eigenvalue weighted by Crippen LogP contribution is 2.28. The van der Waals surface area contributed by atoms with Gasteiger partial charge in [-0.2, -0.15) is 0 Å². The van der Waals surface area contributed by atoms with Crippen molar-refractivity contribution in [3.8, 4) is 0 Å². The van der Waals surface area contributed by atoms with E-state index in [0.717, 1.165) is 47.9 Å². The van der Waals surface area contributed by atoms with Gasteiger partial charge in [-0.1, -0.05) is 28.1 Å². The number of carbonyl (C=O) groups is 1. The number of rotatable bonds is 6. The number of thioether (sulfide) groups is 1. The molecule has 0 spiro atoms. The van der Waals surface area contributed by atoms with Gasteiger partial charge >= 0.3 is 0 Å². The van der Waals surface area contributed by atoms with E-state index in [2.05, 4.69) is 64.3 Å². The summed E-state index contributed by atoms with van der Waals surface area (Å²) in [7, 11) is 0. The molecule has 1 aliphatic rings. The highest BCUT2D eigenvalue weighted by molar-refractivity contribution is 9.10. The Labute approximate surface area is 173 Å². The van der Waals surface area contributed by atoms with Crippen LogP contribution in [0.4, 0.5) is 5.69 Å². The van der Waals surface area contributed by atoms with E-state index in [-0.39, 0.29) is 5.91 Å². The van der Waals surface area contributed by atoms with E-state index in [1.54, 1.807) is 11.8 Å². The molecule has 0 unspecified atom stereocenters. The van der Waals surface area contributed by atoms with Crippen LogP contribution in [0.2, 0.25) is 0 Å². The molecule has 4 nitrogen and oxygen atoms in total. The van der Waals surface area contributed by atoms with Crippen LogP contribution in [0.1, 0.15) is 16.7 Å². The lowest BCUT2D eigenvalue weighted by Gasteiger charge is -2.26. The van der Waals surface area contributed by atoms with Gasteiger partial charge in [0, 0.05) is 34.7 Å². The lowest BCUT2D eigenvalue weighted by Crippen LogP contribution is -2.35. The average Bonchev–Trinajstić information content (AvgIpc) is 2.66. The largest absolute Gasteiger partial charge is 0.379 e. The molecule has 1 amide bonds. The number of amides is 1. The first kappa shape index (κ1) is 20.4. The number of nitrogens with one attached hydrogen (secondary N) is 1. The maximum Gasteiger partial charge on any atom is 0.234 e. The molecule has 1 saturated heterocycles. The fraction of sp³-hybridized carbons (Fsp3) is 0.381. The predicted octanol–water partition coefficient (Wildman–Crippen LogP) is 4.63. The molecule has 144 valence electrons. The molecule has 2 aromatic carbocycles. The Bertz CT molecular complexity index is 790. The Hall–Kier alpha value is -1.34. The minimum absolute atomic E-state index is 0.0147. The predicted molar refractivity (Wildman–Crippen MR) is 116 cm³/mol. The van der Waals surface area contributed by atoms with Gasteiger partial charge in [0.2, 0.25) is 5.91 Å². The minimum atomic E-state index is 0.0147. The first-order valence-corrected chi connectivity index (χ1v) is 10.9. The van der Waals surface area contributed by atoms with E-state index in [9.17, 15) is 4.79 Å². The lowest BCUT2D eigenvalue weighted by atomic mass is 10.2. The van der Waals surface area contributed by atoms with Gasteiger partial charge in [0.1, 0.15) is 0 Å². The summed E-state index contributed by atoms with van der Waals surface area (Å²) < 4.78 is 6.48. The van der Waals surface area contributed by atoms with Gasteiger partial charge in [-0.3, -0.25) is 9.69 Å². The smallest absolute Gasteiger partial charge is 0.234 e. The molecule has 0 bridgehead atoms. The number of hydrogen-bond donors (Lipinski definition) is 1. The summed E-state index contributed by atoms with van der Waals surface area (Å²) in [5.41, 5.74) is 4.46. The Morgan fingerprint density at radius 1 is 1.15 bits per heavy atom. The molecule has 0 radical (unpaired) electrons. The molecule has 1 fully saturated rings. The molecule has 6 heteroatoms. The van der Waals surface area contributed by atoms with Gasteiger partial charge in [0.05, 0.1) is 19.0 Å². The van der Waals surface area contributed by atoms with Crippen LogP contribution < -0.4 is 5.32 Å². The fourth-order valence-corrected chi connectivity index (χ4v) is 4.32. The average molecular weight is 449 g/mol. The first-order chi connectivity index (χ1) is 13.0. The Balaban J connectivity index is 1.49. The molecular formula is C21H25BrN2O2S. The number of benzene rings is 2. The zero-order valence-electron chi connectivity index (χ0n) is 15.8. The second-order valence-corrected chi connectivity index (χ2v) is 8.66. The van der Waals surface area contributed by atoms with Crippen molar-refractivity contribution in [2.75, 3.05) is 37.4 Å². The van der Waals surface area contributed by atoms with Gasteiger partial charge in [-0.05, 0) is 54.8 Å². The summed E-state index contributed by atoms with van der Waals surface area (Å²) >= 11 is 5.12. The summed E-state index contributed by atoms with van der Waals surface area (Å²) in [6.07, 6.45) is 0. The zero-order chi connectivity index (χ0) is 19.2. The third-order valence-corrected chi connectivity index (χ3v) is 6.57. The fourth-order valence-electron chi connectivity index (χ4n) is 2.96. The highest BCUT2D eigenvalue weighted by atomic mass is 79.9. The second-order valence-electron chi connectivity index (χ2n) is 6.79. The molecule has 1 heterocycles. The summed E-state index contributed by atoms with van der Waals surface area (Å²) in [5.74, 6) is 0.415. The van der Waals surface area contributed by atoms with Crippen LogP contribution in [0, 0.1) is 13.8 Å². The Morgan fingerprint density at radius 2 is 1.85 bits per heavy atom. The van der Waals surface area contributed by atoms with Crippen LogP contribution >= 0.6 is 27.7 Å². The molecule has 27 heavy (non-hydrogen) atoms. The third kappa shape index (κ3) is 6.07. The van der Waals surface area contributed by atoms with Crippen molar-refractivity contribution in [3.05, 3.63) is 57.6 Å². The molecule has 1 N–H and O–H groups in total. The zero-order valence-corrected chi connectivity index (χ0v) is 18.2. The van der Waals surface area contributed by atoms with Gasteiger partial charge in [-0.15, -0.1) is 11.8 Å². The van der Waals surface area contributed by atoms with Gasteiger partial charge in [0.25, 0.3) is 0 Å². The third-order valence-electron chi connectivity index (χ3n) is 4.56. The summed E-state index contributed by atoms with van der Waals surface area (Å²) in [6, 6.07) is 12.3. The maximum absolute atomic E-state index is 12.3. The van der Waals surface area contributed by atoms with Crippen molar-refractivity contribution in [3.63, 3.8) is 0 Å². The number of ether oxygens (including phenoxy) is 1. The van der Waals surface area contributed by atoms with Crippen molar-refractivity contribution in [1.29, 1.82) is 0 Å². The molecule has 0 saturated carbocycles. The van der Waals surface area contributed by atoms with E-state index in [1.165, 1.54) is 16.7 Å². The van der Waals surface area contributed by atoms with Crippen LogP contribution in [-0.2, 0) is 16.1 Å². The molecule has 3 rings (SSSR count). The van der Waals surface area contributed by atoms with Crippen molar-refractivity contribution >= 4 is 39.3 Å². The van der Waals surface area contributed by atoms with Crippen LogP contribution in [0.3, 0.4) is 0 Å². The van der Waals surface area contributed by atoms with Crippen molar-refractivity contribution in [2.24, 2.45) is 0 Å². The molecule has 2 aromatic rings. The monoisotopic (exact) mass is 448 g/mol. The number of nitrogens with zero attached hydrogens (tertiary/aromatic N) is 1. The van der Waals surface area contributed by atoms with E-state index >= 15 is 0 Å². The maximum atomic E-state index is 12.3. The van der Waals surface area contributed by atoms with E-state index in [4.69, 9.17) is 4.74 Å². The highest BCUT2D eigenvalue weighted by Gasteiger charge is 2.11. The Morgan fingerprint density at radius 3 is 2.56 bits per heavy atom. The number of halogens is 1. The van der Waals surface area contributed by atoms with Crippen molar-refractivity contribution in [1.82, 2.24) is 4.90 Å². The first-order valence-electron chi connectivity index (χ1n) is 9.10. The summed E-state index contributed by atoms with van der Waals surface area (Å²) in [5, 5.41) is 2.99. The number of morpholine rings is 1. The van der Waals surface area contributed by atoms with E-state index < -0.39 is 0 Å². The van der Waals surface area contributed by atoms with Crippen LogP contribution in [0.25, 0.3) is 0 Å². The molecule has 0 aliphatic carbocycles. The standard InChI is InChI=1S/C21H25BrN2O2S/c1-15-12-20(16(2)11-19(15)22)27-14-21(25)23-18-5-3-17(4-6-18)13-24-7-9-26-10-8-24/h3-6,11-12H,7-10,13-14H2,1-2H3,(H,23,25). The quantitative estimate of drug-likeness (QED) is 0.654. The lowest BCUT2D eigenvalue weighted by molar-refractivity contribution is -0.113. The van der Waals surface area contributed by atoms with E-state index in [1.807, 2.05) is 12.1 Å². The molecule has 0 aromatic heterocycles. The minimum Gasteiger partial charge on any atom is -0.379 e. The molecular weight excluding hydrogens is 424 g/mol. The second kappa shape index (κ2) is 9.73. The van der Waals surface area contributed by atoms with Crippen molar-refractivity contribution < 1.29 is 9.53 Å².